The molecule has 2 aromatic heterocycles. The molecule has 0 aliphatic heterocycles. The Morgan fingerprint density at radius 3 is 3.00 bits per heavy atom. The van der Waals surface area contributed by atoms with Gasteiger partial charge in [-0.2, -0.15) is 0 Å². The van der Waals surface area contributed by atoms with Gasteiger partial charge in [0.1, 0.15) is 17.0 Å². The van der Waals surface area contributed by atoms with E-state index in [0.29, 0.717) is 12.3 Å². The summed E-state index contributed by atoms with van der Waals surface area (Å²) in [4.78, 5) is 15.1. The van der Waals surface area contributed by atoms with E-state index in [1.165, 1.54) is 12.3 Å². The predicted octanol–water partition coefficient (Wildman–Crippen LogP) is 3.71. The van der Waals surface area contributed by atoms with Gasteiger partial charge in [0.05, 0.1) is 12.1 Å². The summed E-state index contributed by atoms with van der Waals surface area (Å²) in [6, 6.07) is 9.40. The molecule has 0 saturated heterocycles. The van der Waals surface area contributed by atoms with E-state index in [1.807, 2.05) is 29.6 Å². The van der Waals surface area contributed by atoms with Crippen molar-refractivity contribution in [1.82, 2.24) is 4.98 Å². The zero-order valence-electron chi connectivity index (χ0n) is 10.9. The molecular weight excluding hydrogens is 288 g/mol. The standard InChI is InChI=1S/C15H12N2O3S/c18-15(19)11-7-13(20-9-11)8-17-12-3-1-2-10(6-12)14-16-4-5-21-14/h1-7,9,17H,8H2,(H,18,19). The minimum Gasteiger partial charge on any atom is -0.478 e. The number of carbonyl (C=O) groups is 1. The maximum atomic E-state index is 10.8. The number of anilines is 1. The highest BCUT2D eigenvalue weighted by Crippen LogP contribution is 2.24. The van der Waals surface area contributed by atoms with Crippen LogP contribution in [0.2, 0.25) is 0 Å². The van der Waals surface area contributed by atoms with E-state index in [-0.39, 0.29) is 5.56 Å². The van der Waals surface area contributed by atoms with Gasteiger partial charge in [0.2, 0.25) is 0 Å². The van der Waals surface area contributed by atoms with Crippen molar-refractivity contribution in [2.24, 2.45) is 0 Å². The molecule has 0 saturated carbocycles. The summed E-state index contributed by atoms with van der Waals surface area (Å²) in [6.45, 7) is 0.425. The first-order chi connectivity index (χ1) is 10.2. The second-order valence-electron chi connectivity index (χ2n) is 4.38. The predicted molar refractivity (Wildman–Crippen MR) is 80.5 cm³/mol. The molecule has 0 radical (unpaired) electrons. The Balaban J connectivity index is 1.70. The number of benzene rings is 1. The molecule has 0 spiro atoms. The Hall–Kier alpha value is -2.60. The average Bonchev–Trinajstić information content (AvgIpc) is 3.17. The number of aromatic nitrogens is 1. The summed E-state index contributed by atoms with van der Waals surface area (Å²) >= 11 is 1.58. The van der Waals surface area contributed by atoms with E-state index >= 15 is 0 Å². The number of nitrogens with zero attached hydrogens (tertiary/aromatic N) is 1. The zero-order valence-corrected chi connectivity index (χ0v) is 11.8. The first-order valence-electron chi connectivity index (χ1n) is 6.27. The van der Waals surface area contributed by atoms with Gasteiger partial charge in [-0.25, -0.2) is 9.78 Å². The van der Waals surface area contributed by atoms with E-state index < -0.39 is 5.97 Å². The Labute approximate surface area is 124 Å². The van der Waals surface area contributed by atoms with Gasteiger partial charge in [-0.05, 0) is 18.2 Å². The molecule has 106 valence electrons. The second-order valence-corrected chi connectivity index (χ2v) is 5.27. The molecular formula is C15H12N2O3S. The highest BCUT2D eigenvalue weighted by molar-refractivity contribution is 7.13. The minimum absolute atomic E-state index is 0.156. The van der Waals surface area contributed by atoms with Crippen LogP contribution < -0.4 is 5.32 Å². The third-order valence-corrected chi connectivity index (χ3v) is 3.73. The number of aromatic carboxylic acids is 1. The molecule has 5 nitrogen and oxygen atoms in total. The lowest BCUT2D eigenvalue weighted by molar-refractivity contribution is 0.0696. The lowest BCUT2D eigenvalue weighted by Gasteiger charge is -2.05. The van der Waals surface area contributed by atoms with E-state index in [9.17, 15) is 4.79 Å². The van der Waals surface area contributed by atoms with Gasteiger partial charge >= 0.3 is 5.97 Å². The largest absolute Gasteiger partial charge is 0.478 e. The van der Waals surface area contributed by atoms with Crippen molar-refractivity contribution in [3.8, 4) is 10.6 Å². The van der Waals surface area contributed by atoms with Gasteiger partial charge in [0, 0.05) is 22.8 Å². The van der Waals surface area contributed by atoms with Crippen molar-refractivity contribution in [1.29, 1.82) is 0 Å². The highest BCUT2D eigenvalue weighted by Gasteiger charge is 2.08. The quantitative estimate of drug-likeness (QED) is 0.751. The van der Waals surface area contributed by atoms with E-state index in [1.54, 1.807) is 17.5 Å². The topological polar surface area (TPSA) is 75.4 Å². The summed E-state index contributed by atoms with van der Waals surface area (Å²) < 4.78 is 5.20. The third-order valence-electron chi connectivity index (χ3n) is 2.91. The number of rotatable bonds is 5. The molecule has 2 heterocycles. The van der Waals surface area contributed by atoms with Gasteiger partial charge < -0.3 is 14.8 Å². The van der Waals surface area contributed by atoms with Crippen LogP contribution in [0.3, 0.4) is 0 Å². The lowest BCUT2D eigenvalue weighted by Crippen LogP contribution is -1.98. The number of hydrogen-bond donors (Lipinski definition) is 2. The summed E-state index contributed by atoms with van der Waals surface area (Å²) in [5, 5.41) is 14.9. The van der Waals surface area contributed by atoms with Crippen LogP contribution >= 0.6 is 11.3 Å². The van der Waals surface area contributed by atoms with E-state index in [0.717, 1.165) is 16.3 Å². The molecule has 0 fully saturated rings. The minimum atomic E-state index is -0.990. The van der Waals surface area contributed by atoms with Crippen LogP contribution in [0, 0.1) is 0 Å². The summed E-state index contributed by atoms with van der Waals surface area (Å²) in [7, 11) is 0. The van der Waals surface area contributed by atoms with Crippen LogP contribution in [-0.2, 0) is 6.54 Å². The fraction of sp³-hybridized carbons (Fsp3) is 0.0667. The number of nitrogens with one attached hydrogen (secondary N) is 1. The van der Waals surface area contributed by atoms with Gasteiger partial charge in [-0.15, -0.1) is 11.3 Å². The van der Waals surface area contributed by atoms with Crippen molar-refractivity contribution >= 4 is 23.0 Å². The number of thiazole rings is 1. The van der Waals surface area contributed by atoms with Crippen LogP contribution in [0.25, 0.3) is 10.6 Å². The fourth-order valence-electron chi connectivity index (χ4n) is 1.90. The molecule has 0 unspecified atom stereocenters. The Morgan fingerprint density at radius 2 is 2.29 bits per heavy atom. The number of furan rings is 1. The summed E-state index contributed by atoms with van der Waals surface area (Å²) in [5.41, 5.74) is 2.12. The van der Waals surface area contributed by atoms with Crippen molar-refractivity contribution in [2.45, 2.75) is 6.54 Å². The summed E-state index contributed by atoms with van der Waals surface area (Å²) in [5.74, 6) is -0.414. The average molecular weight is 300 g/mol. The Bertz CT molecular complexity index is 750. The van der Waals surface area contributed by atoms with Crippen LogP contribution in [-0.4, -0.2) is 16.1 Å². The van der Waals surface area contributed by atoms with Gasteiger partial charge in [0.25, 0.3) is 0 Å². The lowest BCUT2D eigenvalue weighted by atomic mass is 10.2. The zero-order chi connectivity index (χ0) is 14.7. The van der Waals surface area contributed by atoms with Gasteiger partial charge in [-0.1, -0.05) is 12.1 Å². The molecule has 0 atom stereocenters. The van der Waals surface area contributed by atoms with Crippen LogP contribution in [0.5, 0.6) is 0 Å². The normalized spacial score (nSPS) is 10.5. The van der Waals surface area contributed by atoms with Crippen molar-refractivity contribution in [3.05, 3.63) is 59.5 Å². The SMILES string of the molecule is O=C(O)c1coc(CNc2cccc(-c3nccs3)c2)c1. The first kappa shape index (κ1) is 13.4. The molecule has 21 heavy (non-hydrogen) atoms. The van der Waals surface area contributed by atoms with Crippen LogP contribution in [0.4, 0.5) is 5.69 Å². The van der Waals surface area contributed by atoms with E-state index in [4.69, 9.17) is 9.52 Å². The Kier molecular flexibility index (Phi) is 3.70. The fourth-order valence-corrected chi connectivity index (χ4v) is 2.54. The van der Waals surface area contributed by atoms with E-state index in [2.05, 4.69) is 10.3 Å². The maximum Gasteiger partial charge on any atom is 0.338 e. The third kappa shape index (κ3) is 3.11. The molecule has 1 aromatic carbocycles. The molecule has 3 rings (SSSR count). The monoisotopic (exact) mass is 300 g/mol. The number of hydrogen-bond acceptors (Lipinski definition) is 5. The maximum absolute atomic E-state index is 10.8. The molecule has 6 heteroatoms. The smallest absolute Gasteiger partial charge is 0.338 e. The molecule has 0 aliphatic carbocycles. The summed E-state index contributed by atoms with van der Waals surface area (Å²) in [6.07, 6.45) is 3.02. The molecule has 0 aliphatic rings. The van der Waals surface area contributed by atoms with Crippen LogP contribution in [0.1, 0.15) is 16.1 Å². The molecule has 0 amide bonds. The van der Waals surface area contributed by atoms with Crippen molar-refractivity contribution < 1.29 is 14.3 Å². The Morgan fingerprint density at radius 1 is 1.38 bits per heavy atom. The molecule has 2 N–H and O–H groups in total. The van der Waals surface area contributed by atoms with Crippen molar-refractivity contribution in [3.63, 3.8) is 0 Å². The molecule has 3 aromatic rings. The number of carboxylic acid groups (broad SMARTS) is 1. The van der Waals surface area contributed by atoms with Crippen molar-refractivity contribution in [2.75, 3.05) is 5.32 Å². The number of carboxylic acids is 1. The second kappa shape index (κ2) is 5.80. The van der Waals surface area contributed by atoms with Crippen LogP contribution in [0.15, 0.2) is 52.6 Å². The molecule has 0 bridgehead atoms. The first-order valence-corrected chi connectivity index (χ1v) is 7.15. The van der Waals surface area contributed by atoms with Gasteiger partial charge in [-0.3, -0.25) is 0 Å². The highest BCUT2D eigenvalue weighted by atomic mass is 32.1. The van der Waals surface area contributed by atoms with Gasteiger partial charge in [0.15, 0.2) is 0 Å².